The van der Waals surface area contributed by atoms with E-state index in [1.54, 1.807) is 0 Å². The largest absolute Gasteiger partial charge is 0.383 e. The van der Waals surface area contributed by atoms with Gasteiger partial charge >= 0.3 is 0 Å². The molecule has 0 spiro atoms. The van der Waals surface area contributed by atoms with Gasteiger partial charge in [0.2, 0.25) is 0 Å². The van der Waals surface area contributed by atoms with Crippen molar-refractivity contribution in [1.29, 1.82) is 0 Å². The van der Waals surface area contributed by atoms with Crippen molar-refractivity contribution >= 4 is 0 Å². The highest BCUT2D eigenvalue weighted by molar-refractivity contribution is 4.66. The van der Waals surface area contributed by atoms with Gasteiger partial charge in [0, 0.05) is 27.3 Å². The molecular weight excluding hydrogens is 390 g/mol. The van der Waals surface area contributed by atoms with E-state index < -0.39 is 0 Å². The third-order valence-corrected chi connectivity index (χ3v) is 6.36. The summed E-state index contributed by atoms with van der Waals surface area (Å²) in [4.78, 5) is 12.7. The molecular formula is C24H53N5O2. The molecule has 0 aromatic rings. The van der Waals surface area contributed by atoms with Crippen LogP contribution in [0.25, 0.3) is 0 Å². The molecule has 31 heavy (non-hydrogen) atoms. The zero-order valence-electron chi connectivity index (χ0n) is 21.5. The topological polar surface area (TPSA) is 34.7 Å². The van der Waals surface area contributed by atoms with Crippen LogP contribution in [0.3, 0.4) is 0 Å². The van der Waals surface area contributed by atoms with Gasteiger partial charge in [0.25, 0.3) is 0 Å². The summed E-state index contributed by atoms with van der Waals surface area (Å²) < 4.78 is 10.7. The van der Waals surface area contributed by atoms with Crippen LogP contribution in [0.2, 0.25) is 0 Å². The molecule has 0 saturated carbocycles. The fraction of sp³-hybridized carbons (Fsp3) is 1.00. The summed E-state index contributed by atoms with van der Waals surface area (Å²) in [5.74, 6) is 0. The van der Waals surface area contributed by atoms with Crippen molar-refractivity contribution in [2.75, 3.05) is 127 Å². The van der Waals surface area contributed by atoms with Gasteiger partial charge in [-0.05, 0) is 119 Å². The number of rotatable bonds is 6. The Kier molecular flexibility index (Phi) is 17.8. The van der Waals surface area contributed by atoms with Gasteiger partial charge in [-0.1, -0.05) is 0 Å². The predicted octanol–water partition coefficient (Wildman–Crippen LogP) is 1.64. The quantitative estimate of drug-likeness (QED) is 0.617. The van der Waals surface area contributed by atoms with Crippen LogP contribution in [-0.2, 0) is 9.47 Å². The molecule has 7 heteroatoms. The maximum absolute atomic E-state index is 5.34. The molecule has 1 heterocycles. The van der Waals surface area contributed by atoms with Gasteiger partial charge in [0.05, 0.1) is 13.2 Å². The Morgan fingerprint density at radius 3 is 0.968 bits per heavy atom. The minimum absolute atomic E-state index is 0.829. The predicted molar refractivity (Wildman–Crippen MR) is 132 cm³/mol. The highest BCUT2D eigenvalue weighted by Crippen LogP contribution is 2.02. The first-order valence-electron chi connectivity index (χ1n) is 12.5. The molecule has 1 fully saturated rings. The Morgan fingerprint density at radius 1 is 0.452 bits per heavy atom. The third kappa shape index (κ3) is 16.1. The molecule has 0 radical (unpaired) electrons. The van der Waals surface area contributed by atoms with Gasteiger partial charge in [-0.3, -0.25) is 0 Å². The average molecular weight is 444 g/mol. The monoisotopic (exact) mass is 443 g/mol. The van der Waals surface area contributed by atoms with E-state index >= 15 is 0 Å². The summed E-state index contributed by atoms with van der Waals surface area (Å²) in [7, 11) is 10.4. The minimum Gasteiger partial charge on any atom is -0.383 e. The molecule has 1 aliphatic heterocycles. The van der Waals surface area contributed by atoms with Gasteiger partial charge in [-0.2, -0.15) is 0 Å². The maximum Gasteiger partial charge on any atom is 0.0589 e. The van der Waals surface area contributed by atoms with Gasteiger partial charge in [0.15, 0.2) is 0 Å². The van der Waals surface area contributed by atoms with Crippen molar-refractivity contribution in [3.63, 3.8) is 0 Å². The molecule has 186 valence electrons. The van der Waals surface area contributed by atoms with Gasteiger partial charge in [-0.25, -0.2) is 0 Å². The first kappa shape index (κ1) is 28.8. The number of nitrogens with zero attached hydrogens (tertiary/aromatic N) is 5. The third-order valence-electron chi connectivity index (χ3n) is 6.36. The summed E-state index contributed by atoms with van der Waals surface area (Å²) in [6.07, 6.45) is 6.19. The number of methoxy groups -OCH3 is 2. The van der Waals surface area contributed by atoms with Crippen LogP contribution in [0.5, 0.6) is 0 Å². The summed E-state index contributed by atoms with van der Waals surface area (Å²) >= 11 is 0. The molecule has 0 aromatic carbocycles. The Bertz CT molecular complexity index is 368. The Morgan fingerprint density at radius 2 is 0.710 bits per heavy atom. The molecule has 0 amide bonds. The normalized spacial score (nSPS) is 23.1. The summed E-state index contributed by atoms with van der Waals surface area (Å²) in [5.41, 5.74) is 0. The average Bonchev–Trinajstić information content (AvgIpc) is 2.74. The Balaban J connectivity index is 2.56. The second-order valence-electron chi connectivity index (χ2n) is 9.35. The van der Waals surface area contributed by atoms with E-state index in [0.29, 0.717) is 0 Å². The van der Waals surface area contributed by atoms with Crippen molar-refractivity contribution in [1.82, 2.24) is 24.5 Å². The lowest BCUT2D eigenvalue weighted by molar-refractivity contribution is 0.135. The lowest BCUT2D eigenvalue weighted by atomic mass is 10.2. The molecule has 0 bridgehead atoms. The highest BCUT2D eigenvalue weighted by atomic mass is 16.5. The van der Waals surface area contributed by atoms with Gasteiger partial charge in [0.1, 0.15) is 0 Å². The van der Waals surface area contributed by atoms with Crippen LogP contribution < -0.4 is 0 Å². The van der Waals surface area contributed by atoms with Crippen molar-refractivity contribution in [2.45, 2.75) is 32.1 Å². The van der Waals surface area contributed by atoms with Crippen molar-refractivity contribution in [2.24, 2.45) is 0 Å². The molecule has 0 atom stereocenters. The Labute approximate surface area is 193 Å². The van der Waals surface area contributed by atoms with Gasteiger partial charge < -0.3 is 34.0 Å². The smallest absolute Gasteiger partial charge is 0.0589 e. The highest BCUT2D eigenvalue weighted by Gasteiger charge is 2.10. The second-order valence-corrected chi connectivity index (χ2v) is 9.35. The fourth-order valence-corrected chi connectivity index (χ4v) is 4.31. The summed E-state index contributed by atoms with van der Waals surface area (Å²) in [6, 6.07) is 0. The van der Waals surface area contributed by atoms with E-state index in [-0.39, 0.29) is 0 Å². The zero-order chi connectivity index (χ0) is 22.7. The van der Waals surface area contributed by atoms with E-state index in [1.807, 2.05) is 14.2 Å². The van der Waals surface area contributed by atoms with Crippen LogP contribution in [0, 0.1) is 0 Å². The maximum atomic E-state index is 5.34. The molecule has 0 aliphatic carbocycles. The lowest BCUT2D eigenvalue weighted by Crippen LogP contribution is -2.36. The van der Waals surface area contributed by atoms with Crippen LogP contribution >= 0.6 is 0 Å². The summed E-state index contributed by atoms with van der Waals surface area (Å²) in [5, 5.41) is 0. The Hall–Kier alpha value is -0.280. The molecule has 1 rings (SSSR count). The zero-order valence-corrected chi connectivity index (χ0v) is 21.5. The molecule has 0 N–H and O–H groups in total. The molecule has 7 nitrogen and oxygen atoms in total. The van der Waals surface area contributed by atoms with Crippen LogP contribution in [0.15, 0.2) is 0 Å². The first-order chi connectivity index (χ1) is 15.0. The van der Waals surface area contributed by atoms with Crippen LogP contribution in [0.4, 0.5) is 0 Å². The van der Waals surface area contributed by atoms with E-state index in [9.17, 15) is 0 Å². The van der Waals surface area contributed by atoms with Crippen LogP contribution in [-0.4, -0.2) is 152 Å². The molecule has 1 aliphatic rings. The summed E-state index contributed by atoms with van der Waals surface area (Å²) in [6.45, 7) is 15.5. The number of ether oxygens (including phenoxy) is 2. The standard InChI is InChI=1S/C24H53N5O2/c1-25-11-6-12-26(2)14-8-18-29(22-24-31-5)20-10-16-27(3)15-9-19-28(17-7-13-25)21-23-30-4/h6-24H2,1-5H3. The molecule has 1 saturated heterocycles. The van der Waals surface area contributed by atoms with Crippen molar-refractivity contribution < 1.29 is 9.47 Å². The molecule has 0 aromatic heterocycles. The van der Waals surface area contributed by atoms with Gasteiger partial charge in [-0.15, -0.1) is 0 Å². The lowest BCUT2D eigenvalue weighted by Gasteiger charge is -2.27. The van der Waals surface area contributed by atoms with Crippen LogP contribution in [0.1, 0.15) is 32.1 Å². The number of hydrogen-bond donors (Lipinski definition) is 0. The number of hydrogen-bond acceptors (Lipinski definition) is 7. The van der Waals surface area contributed by atoms with E-state index in [0.717, 1.165) is 26.3 Å². The van der Waals surface area contributed by atoms with E-state index in [1.165, 1.54) is 97.6 Å². The van der Waals surface area contributed by atoms with E-state index in [4.69, 9.17) is 9.47 Å². The minimum atomic E-state index is 0.829. The van der Waals surface area contributed by atoms with E-state index in [2.05, 4.69) is 45.6 Å². The second kappa shape index (κ2) is 19.2. The first-order valence-corrected chi connectivity index (χ1v) is 12.5. The van der Waals surface area contributed by atoms with Crippen molar-refractivity contribution in [3.05, 3.63) is 0 Å². The SMILES string of the molecule is COCCN1CCCN(C)CCCN(C)CCCN(CCOC)CCCN(C)CCC1. The van der Waals surface area contributed by atoms with Crippen molar-refractivity contribution in [3.8, 4) is 0 Å². The molecule has 0 unspecified atom stereocenters. The fourth-order valence-electron chi connectivity index (χ4n) is 4.31.